The van der Waals surface area contributed by atoms with E-state index in [1.54, 1.807) is 7.11 Å². The molecular formula is C19H19NOS. The second kappa shape index (κ2) is 8.86. The molecular weight excluding hydrogens is 290 g/mol. The molecule has 112 valence electrons. The Morgan fingerprint density at radius 3 is 2.50 bits per heavy atom. The summed E-state index contributed by atoms with van der Waals surface area (Å²) in [4.78, 5) is 0.840. The van der Waals surface area contributed by atoms with Gasteiger partial charge in [-0.1, -0.05) is 42.3 Å². The van der Waals surface area contributed by atoms with Crippen molar-refractivity contribution in [1.82, 2.24) is 0 Å². The maximum absolute atomic E-state index is 5.35. The van der Waals surface area contributed by atoms with E-state index in [9.17, 15) is 0 Å². The molecule has 0 aromatic heterocycles. The summed E-state index contributed by atoms with van der Waals surface area (Å²) in [5.41, 5.74) is 2.04. The predicted octanol–water partition coefficient (Wildman–Crippen LogP) is 4.66. The van der Waals surface area contributed by atoms with Crippen LogP contribution in [0.15, 0.2) is 54.6 Å². The summed E-state index contributed by atoms with van der Waals surface area (Å²) in [6.07, 6.45) is 2.64. The maximum Gasteiger partial charge on any atom is 0.119 e. The Morgan fingerprint density at radius 2 is 1.82 bits per heavy atom. The van der Waals surface area contributed by atoms with Crippen LogP contribution in [0.3, 0.4) is 0 Å². The van der Waals surface area contributed by atoms with Gasteiger partial charge in [-0.3, -0.25) is 0 Å². The van der Waals surface area contributed by atoms with E-state index in [2.05, 4.69) is 17.2 Å². The zero-order chi connectivity index (χ0) is 15.6. The average molecular weight is 309 g/mol. The molecule has 0 bridgehead atoms. The molecule has 0 radical (unpaired) electrons. The average Bonchev–Trinajstić information content (AvgIpc) is 2.56. The zero-order valence-electron chi connectivity index (χ0n) is 12.6. The molecule has 0 aliphatic rings. The van der Waals surface area contributed by atoms with Gasteiger partial charge in [0.2, 0.25) is 0 Å². The summed E-state index contributed by atoms with van der Waals surface area (Å²) in [7, 11) is 1.66. The van der Waals surface area contributed by atoms with Crippen molar-refractivity contribution in [3.63, 3.8) is 0 Å². The van der Waals surface area contributed by atoms with Crippen LogP contribution in [0.25, 0.3) is 0 Å². The molecule has 0 saturated heterocycles. The van der Waals surface area contributed by atoms with Crippen LogP contribution < -0.4 is 10.1 Å². The molecule has 0 unspecified atom stereocenters. The summed E-state index contributed by atoms with van der Waals surface area (Å²) in [5.74, 6) is 7.18. The fourth-order valence-electron chi connectivity index (χ4n) is 1.92. The SMILES string of the molecule is COc1ccc(NC(=S)CCCC#Cc2ccccc2)cc1. The molecule has 0 aliphatic heterocycles. The van der Waals surface area contributed by atoms with Gasteiger partial charge in [-0.05, 0) is 49.2 Å². The number of nitrogens with one attached hydrogen (secondary N) is 1. The lowest BCUT2D eigenvalue weighted by atomic mass is 10.2. The Balaban J connectivity index is 1.70. The normalized spacial score (nSPS) is 9.50. The Labute approximate surface area is 137 Å². The van der Waals surface area contributed by atoms with E-state index in [4.69, 9.17) is 17.0 Å². The molecule has 1 N–H and O–H groups in total. The minimum Gasteiger partial charge on any atom is -0.497 e. The zero-order valence-corrected chi connectivity index (χ0v) is 13.5. The number of rotatable bonds is 5. The van der Waals surface area contributed by atoms with E-state index in [-0.39, 0.29) is 0 Å². The number of ether oxygens (including phenoxy) is 1. The van der Waals surface area contributed by atoms with Crippen molar-refractivity contribution in [3.8, 4) is 17.6 Å². The van der Waals surface area contributed by atoms with Crippen LogP contribution in [0.5, 0.6) is 5.75 Å². The monoisotopic (exact) mass is 309 g/mol. The highest BCUT2D eigenvalue weighted by molar-refractivity contribution is 7.80. The third kappa shape index (κ3) is 5.59. The minimum atomic E-state index is 0.838. The van der Waals surface area contributed by atoms with Crippen LogP contribution in [0.2, 0.25) is 0 Å². The van der Waals surface area contributed by atoms with E-state index < -0.39 is 0 Å². The highest BCUT2D eigenvalue weighted by Crippen LogP contribution is 2.15. The van der Waals surface area contributed by atoms with Crippen molar-refractivity contribution >= 4 is 22.9 Å². The third-order valence-corrected chi connectivity index (χ3v) is 3.39. The van der Waals surface area contributed by atoms with Gasteiger partial charge < -0.3 is 10.1 Å². The molecule has 0 amide bonds. The molecule has 0 spiro atoms. The van der Waals surface area contributed by atoms with E-state index >= 15 is 0 Å². The van der Waals surface area contributed by atoms with E-state index in [0.29, 0.717) is 0 Å². The van der Waals surface area contributed by atoms with Crippen molar-refractivity contribution in [2.45, 2.75) is 19.3 Å². The fourth-order valence-corrected chi connectivity index (χ4v) is 2.18. The smallest absolute Gasteiger partial charge is 0.119 e. The van der Waals surface area contributed by atoms with E-state index in [1.807, 2.05) is 54.6 Å². The molecule has 0 saturated carbocycles. The number of benzene rings is 2. The van der Waals surface area contributed by atoms with Gasteiger partial charge in [0.25, 0.3) is 0 Å². The first-order chi connectivity index (χ1) is 10.8. The molecule has 2 rings (SSSR count). The number of hydrogen-bond acceptors (Lipinski definition) is 2. The van der Waals surface area contributed by atoms with Gasteiger partial charge in [0.05, 0.1) is 12.1 Å². The summed E-state index contributed by atoms with van der Waals surface area (Å²) in [6.45, 7) is 0. The molecule has 22 heavy (non-hydrogen) atoms. The number of unbranched alkanes of at least 4 members (excludes halogenated alkanes) is 1. The topological polar surface area (TPSA) is 21.3 Å². The largest absolute Gasteiger partial charge is 0.497 e. The number of thiocarbonyl (C=S) groups is 1. The minimum absolute atomic E-state index is 0.838. The molecule has 0 fully saturated rings. The second-order valence-electron chi connectivity index (χ2n) is 4.80. The van der Waals surface area contributed by atoms with E-state index in [0.717, 1.165) is 41.3 Å². The number of hydrogen-bond donors (Lipinski definition) is 1. The first-order valence-corrected chi connectivity index (χ1v) is 7.66. The Bertz CT molecular complexity index is 653. The second-order valence-corrected chi connectivity index (χ2v) is 5.29. The standard InChI is InChI=1S/C19H19NOS/c1-21-18-14-12-17(13-15-18)20-19(22)11-7-3-6-10-16-8-4-2-5-9-16/h2,4-5,8-9,12-15H,3,7,11H2,1H3,(H,20,22). The number of methoxy groups -OCH3 is 1. The van der Waals surface area contributed by atoms with Gasteiger partial charge in [0, 0.05) is 17.7 Å². The van der Waals surface area contributed by atoms with Crippen LogP contribution in [0.1, 0.15) is 24.8 Å². The van der Waals surface area contributed by atoms with Gasteiger partial charge in [-0.15, -0.1) is 0 Å². The fraction of sp³-hybridized carbons (Fsp3) is 0.211. The van der Waals surface area contributed by atoms with Crippen molar-refractivity contribution in [2.24, 2.45) is 0 Å². The van der Waals surface area contributed by atoms with Crippen molar-refractivity contribution in [1.29, 1.82) is 0 Å². The number of anilines is 1. The lowest BCUT2D eigenvalue weighted by Crippen LogP contribution is -2.08. The van der Waals surface area contributed by atoms with Crippen molar-refractivity contribution in [2.75, 3.05) is 12.4 Å². The highest BCUT2D eigenvalue weighted by Gasteiger charge is 1.98. The van der Waals surface area contributed by atoms with Gasteiger partial charge in [0.15, 0.2) is 0 Å². The Kier molecular flexibility index (Phi) is 6.47. The lowest BCUT2D eigenvalue weighted by molar-refractivity contribution is 0.415. The summed E-state index contributed by atoms with van der Waals surface area (Å²) < 4.78 is 5.13. The van der Waals surface area contributed by atoms with Gasteiger partial charge in [-0.2, -0.15) is 0 Å². The molecule has 0 aliphatic carbocycles. The van der Waals surface area contributed by atoms with Crippen LogP contribution >= 0.6 is 12.2 Å². The Hall–Kier alpha value is -2.31. The molecule has 3 heteroatoms. The lowest BCUT2D eigenvalue weighted by Gasteiger charge is -2.07. The first kappa shape index (κ1) is 16.1. The molecule has 0 heterocycles. The van der Waals surface area contributed by atoms with E-state index in [1.165, 1.54) is 0 Å². The van der Waals surface area contributed by atoms with Gasteiger partial charge >= 0.3 is 0 Å². The van der Waals surface area contributed by atoms with Crippen LogP contribution in [0, 0.1) is 11.8 Å². The highest BCUT2D eigenvalue weighted by atomic mass is 32.1. The van der Waals surface area contributed by atoms with Crippen molar-refractivity contribution in [3.05, 3.63) is 60.2 Å². The summed E-state index contributed by atoms with van der Waals surface area (Å²) in [5, 5.41) is 3.23. The molecule has 2 aromatic rings. The van der Waals surface area contributed by atoms with Crippen LogP contribution in [-0.4, -0.2) is 12.1 Å². The van der Waals surface area contributed by atoms with Gasteiger partial charge in [-0.25, -0.2) is 0 Å². The maximum atomic E-state index is 5.35. The quantitative estimate of drug-likeness (QED) is 0.493. The van der Waals surface area contributed by atoms with Crippen LogP contribution in [0.4, 0.5) is 5.69 Å². The molecule has 0 atom stereocenters. The summed E-state index contributed by atoms with van der Waals surface area (Å²) >= 11 is 5.35. The first-order valence-electron chi connectivity index (χ1n) is 7.26. The van der Waals surface area contributed by atoms with Crippen LogP contribution in [-0.2, 0) is 0 Å². The third-order valence-electron chi connectivity index (χ3n) is 3.09. The molecule has 2 aromatic carbocycles. The Morgan fingerprint density at radius 1 is 1.09 bits per heavy atom. The van der Waals surface area contributed by atoms with Gasteiger partial charge in [0.1, 0.15) is 5.75 Å². The predicted molar refractivity (Wildman–Crippen MR) is 96.4 cm³/mol. The van der Waals surface area contributed by atoms with Crippen molar-refractivity contribution < 1.29 is 4.74 Å². The summed E-state index contributed by atoms with van der Waals surface area (Å²) in [6, 6.07) is 17.8. The molecule has 2 nitrogen and oxygen atoms in total.